The summed E-state index contributed by atoms with van der Waals surface area (Å²) < 4.78 is 11.6. The number of piperidine rings is 1. The molecule has 1 saturated heterocycles. The Morgan fingerprint density at radius 3 is 2.83 bits per heavy atom. The third kappa shape index (κ3) is 3.96. The highest BCUT2D eigenvalue weighted by Crippen LogP contribution is 2.25. The van der Waals surface area contributed by atoms with E-state index in [1.165, 1.54) is 0 Å². The average molecular weight is 328 g/mol. The van der Waals surface area contributed by atoms with Crippen molar-refractivity contribution in [2.45, 2.75) is 45.3 Å². The van der Waals surface area contributed by atoms with Crippen molar-refractivity contribution in [3.63, 3.8) is 0 Å². The first-order chi connectivity index (χ1) is 11.4. The average Bonchev–Trinajstić information content (AvgIpc) is 2.54. The summed E-state index contributed by atoms with van der Waals surface area (Å²) in [5.74, 6) is 0.629. The molecule has 1 unspecified atom stereocenters. The first kappa shape index (κ1) is 16.6. The van der Waals surface area contributed by atoms with Gasteiger partial charge in [0.1, 0.15) is 11.7 Å². The third-order valence-corrected chi connectivity index (χ3v) is 3.95. The van der Waals surface area contributed by atoms with E-state index in [4.69, 9.17) is 9.47 Å². The minimum Gasteiger partial charge on any atom is -0.472 e. The number of hydrogen-bond acceptors (Lipinski definition) is 4. The van der Waals surface area contributed by atoms with Gasteiger partial charge in [-0.1, -0.05) is 18.2 Å². The highest BCUT2D eigenvalue weighted by Gasteiger charge is 2.29. The SMILES string of the molecule is CC(C)(C)OC(=O)N1CCCC(Oc2nccc3ccccc23)C1. The summed E-state index contributed by atoms with van der Waals surface area (Å²) in [4.78, 5) is 18.4. The van der Waals surface area contributed by atoms with Gasteiger partial charge in [-0.25, -0.2) is 9.78 Å². The van der Waals surface area contributed by atoms with Crippen LogP contribution in [0.4, 0.5) is 4.79 Å². The molecule has 5 nitrogen and oxygen atoms in total. The van der Waals surface area contributed by atoms with Gasteiger partial charge in [-0.15, -0.1) is 0 Å². The van der Waals surface area contributed by atoms with Crippen LogP contribution in [-0.4, -0.2) is 40.8 Å². The second-order valence-electron chi connectivity index (χ2n) is 7.15. The third-order valence-electron chi connectivity index (χ3n) is 3.95. The molecule has 0 aliphatic carbocycles. The van der Waals surface area contributed by atoms with Crippen LogP contribution >= 0.6 is 0 Å². The molecule has 1 atom stereocenters. The molecule has 1 aromatic carbocycles. The van der Waals surface area contributed by atoms with Gasteiger partial charge in [-0.3, -0.25) is 0 Å². The lowest BCUT2D eigenvalue weighted by atomic mass is 10.1. The topological polar surface area (TPSA) is 51.7 Å². The monoisotopic (exact) mass is 328 g/mol. The summed E-state index contributed by atoms with van der Waals surface area (Å²) >= 11 is 0. The van der Waals surface area contributed by atoms with Gasteiger partial charge in [0.05, 0.1) is 6.54 Å². The second kappa shape index (κ2) is 6.67. The fourth-order valence-corrected chi connectivity index (χ4v) is 2.87. The zero-order valence-corrected chi connectivity index (χ0v) is 14.5. The van der Waals surface area contributed by atoms with E-state index >= 15 is 0 Å². The summed E-state index contributed by atoms with van der Waals surface area (Å²) in [6.07, 6.45) is 3.22. The maximum absolute atomic E-state index is 12.3. The maximum Gasteiger partial charge on any atom is 0.410 e. The minimum absolute atomic E-state index is 0.0652. The Morgan fingerprint density at radius 1 is 1.25 bits per heavy atom. The summed E-state index contributed by atoms with van der Waals surface area (Å²) in [6, 6.07) is 9.99. The van der Waals surface area contributed by atoms with Crippen LogP contribution in [0.5, 0.6) is 5.88 Å². The standard InChI is InChI=1S/C19H24N2O3/c1-19(2,3)24-18(22)21-12-6-8-15(13-21)23-17-16-9-5-4-7-14(16)10-11-20-17/h4-5,7,9-11,15H,6,8,12-13H2,1-3H3. The number of amides is 1. The summed E-state index contributed by atoms with van der Waals surface area (Å²) in [6.45, 7) is 6.87. The summed E-state index contributed by atoms with van der Waals surface area (Å²) in [7, 11) is 0. The molecular formula is C19H24N2O3. The zero-order chi connectivity index (χ0) is 17.2. The second-order valence-corrected chi connectivity index (χ2v) is 7.15. The summed E-state index contributed by atoms with van der Waals surface area (Å²) in [5, 5.41) is 2.09. The van der Waals surface area contributed by atoms with Crippen LogP contribution in [0.25, 0.3) is 10.8 Å². The molecule has 24 heavy (non-hydrogen) atoms. The molecule has 1 aliphatic rings. The van der Waals surface area contributed by atoms with E-state index in [2.05, 4.69) is 4.98 Å². The Balaban J connectivity index is 1.70. The van der Waals surface area contributed by atoms with Gasteiger partial charge < -0.3 is 14.4 Å². The van der Waals surface area contributed by atoms with Crippen molar-refractivity contribution in [3.05, 3.63) is 36.5 Å². The fourth-order valence-electron chi connectivity index (χ4n) is 2.87. The van der Waals surface area contributed by atoms with E-state index in [1.54, 1.807) is 11.1 Å². The van der Waals surface area contributed by atoms with Gasteiger partial charge in [-0.05, 0) is 51.1 Å². The largest absolute Gasteiger partial charge is 0.472 e. The number of nitrogens with zero attached hydrogens (tertiary/aromatic N) is 2. The molecule has 1 aromatic heterocycles. The number of likely N-dealkylation sites (tertiary alicyclic amines) is 1. The molecule has 0 radical (unpaired) electrons. The highest BCUT2D eigenvalue weighted by atomic mass is 16.6. The normalized spacial score (nSPS) is 18.5. The number of fused-ring (bicyclic) bond motifs is 1. The van der Waals surface area contributed by atoms with Crippen molar-refractivity contribution in [2.24, 2.45) is 0 Å². The van der Waals surface area contributed by atoms with E-state index in [-0.39, 0.29) is 12.2 Å². The van der Waals surface area contributed by atoms with Gasteiger partial charge in [0.15, 0.2) is 0 Å². The van der Waals surface area contributed by atoms with Crippen molar-refractivity contribution in [3.8, 4) is 5.88 Å². The molecule has 0 bridgehead atoms. The zero-order valence-electron chi connectivity index (χ0n) is 14.5. The van der Waals surface area contributed by atoms with Crippen molar-refractivity contribution >= 4 is 16.9 Å². The van der Waals surface area contributed by atoms with Crippen LogP contribution in [0.15, 0.2) is 36.5 Å². The number of carbonyl (C=O) groups excluding carboxylic acids is 1. The smallest absolute Gasteiger partial charge is 0.410 e. The number of aromatic nitrogens is 1. The van der Waals surface area contributed by atoms with Gasteiger partial charge in [0, 0.05) is 18.1 Å². The first-order valence-corrected chi connectivity index (χ1v) is 8.41. The van der Waals surface area contributed by atoms with Gasteiger partial charge in [-0.2, -0.15) is 0 Å². The van der Waals surface area contributed by atoms with E-state index in [9.17, 15) is 4.79 Å². The molecule has 1 amide bonds. The maximum atomic E-state index is 12.3. The molecule has 1 fully saturated rings. The van der Waals surface area contributed by atoms with Gasteiger partial charge >= 0.3 is 6.09 Å². The lowest BCUT2D eigenvalue weighted by Gasteiger charge is -2.34. The lowest BCUT2D eigenvalue weighted by molar-refractivity contribution is 0.00743. The van der Waals surface area contributed by atoms with Crippen molar-refractivity contribution < 1.29 is 14.3 Å². The van der Waals surface area contributed by atoms with E-state index < -0.39 is 5.60 Å². The van der Waals surface area contributed by atoms with Crippen LogP contribution in [0, 0.1) is 0 Å². The quantitative estimate of drug-likeness (QED) is 0.836. The molecule has 1 aliphatic heterocycles. The fraction of sp³-hybridized carbons (Fsp3) is 0.474. The summed E-state index contributed by atoms with van der Waals surface area (Å²) in [5.41, 5.74) is -0.484. The lowest BCUT2D eigenvalue weighted by Crippen LogP contribution is -2.46. The Morgan fingerprint density at radius 2 is 2.04 bits per heavy atom. The van der Waals surface area contributed by atoms with E-state index in [0.29, 0.717) is 19.0 Å². The predicted molar refractivity (Wildman–Crippen MR) is 93.2 cm³/mol. The molecule has 0 spiro atoms. The predicted octanol–water partition coefficient (Wildman–Crippen LogP) is 4.01. The first-order valence-electron chi connectivity index (χ1n) is 8.41. The number of ether oxygens (including phenoxy) is 2. The van der Waals surface area contributed by atoms with Crippen molar-refractivity contribution in [1.82, 2.24) is 9.88 Å². The molecule has 5 heteroatoms. The van der Waals surface area contributed by atoms with Crippen molar-refractivity contribution in [1.29, 1.82) is 0 Å². The van der Waals surface area contributed by atoms with Crippen LogP contribution in [0.3, 0.4) is 0 Å². The van der Waals surface area contributed by atoms with E-state index in [0.717, 1.165) is 23.6 Å². The Hall–Kier alpha value is -2.30. The molecule has 0 N–H and O–H groups in total. The number of carbonyl (C=O) groups is 1. The van der Waals surface area contributed by atoms with E-state index in [1.807, 2.05) is 51.1 Å². The van der Waals surface area contributed by atoms with Crippen molar-refractivity contribution in [2.75, 3.05) is 13.1 Å². The van der Waals surface area contributed by atoms with Crippen LogP contribution in [0.1, 0.15) is 33.6 Å². The van der Waals surface area contributed by atoms with Crippen LogP contribution < -0.4 is 4.74 Å². The Labute approximate surface area is 142 Å². The van der Waals surface area contributed by atoms with Crippen LogP contribution in [-0.2, 0) is 4.74 Å². The molecule has 3 rings (SSSR count). The number of hydrogen-bond donors (Lipinski definition) is 0. The minimum atomic E-state index is -0.484. The molecule has 2 heterocycles. The number of pyridine rings is 1. The molecule has 128 valence electrons. The Bertz CT molecular complexity index is 719. The molecular weight excluding hydrogens is 304 g/mol. The van der Waals surface area contributed by atoms with Crippen LogP contribution in [0.2, 0.25) is 0 Å². The highest BCUT2D eigenvalue weighted by molar-refractivity contribution is 5.86. The molecule has 0 saturated carbocycles. The molecule has 2 aromatic rings. The number of rotatable bonds is 2. The number of benzene rings is 1. The van der Waals surface area contributed by atoms with Gasteiger partial charge in [0.2, 0.25) is 5.88 Å². The van der Waals surface area contributed by atoms with Gasteiger partial charge in [0.25, 0.3) is 0 Å². The Kier molecular flexibility index (Phi) is 4.60.